The van der Waals surface area contributed by atoms with E-state index in [4.69, 9.17) is 9.84 Å². The Morgan fingerprint density at radius 3 is 2.62 bits per heavy atom. The Bertz CT molecular complexity index is 622. The van der Waals surface area contributed by atoms with E-state index in [0.717, 1.165) is 5.56 Å². The van der Waals surface area contributed by atoms with E-state index in [1.54, 1.807) is 44.4 Å². The van der Waals surface area contributed by atoms with Gasteiger partial charge in [0.2, 0.25) is 0 Å². The van der Waals surface area contributed by atoms with Gasteiger partial charge in [-0.1, -0.05) is 12.1 Å². The molecule has 1 aliphatic rings. The summed E-state index contributed by atoms with van der Waals surface area (Å²) in [6, 6.07) is 6.86. The van der Waals surface area contributed by atoms with Gasteiger partial charge in [0.1, 0.15) is 5.75 Å². The number of aliphatic imine (C=N–C) groups is 1. The molecule has 0 spiro atoms. The standard InChI is InChI=1S/C14H14N2O4S/c1-15-14-16(2)13(19)11(21-14)7-9-3-5-10(6-4-9)20-8-12(17)18/h3-7H,8H2,1-2H3,(H,17,18). The number of likely N-dealkylation sites (N-methyl/N-ethyl adjacent to an activating group) is 1. The molecule has 110 valence electrons. The molecule has 21 heavy (non-hydrogen) atoms. The van der Waals surface area contributed by atoms with Gasteiger partial charge in [-0.05, 0) is 35.5 Å². The van der Waals surface area contributed by atoms with Gasteiger partial charge in [0.05, 0.1) is 4.91 Å². The SMILES string of the molecule is CN=C1SC(=Cc2ccc(OCC(=O)O)cc2)C(=O)N1C. The van der Waals surface area contributed by atoms with E-state index in [1.807, 2.05) is 0 Å². The highest BCUT2D eigenvalue weighted by atomic mass is 32.2. The number of amides is 1. The van der Waals surface area contributed by atoms with Crippen molar-refractivity contribution in [2.24, 2.45) is 4.99 Å². The first-order valence-corrected chi connectivity index (χ1v) is 6.92. The van der Waals surface area contributed by atoms with Crippen LogP contribution < -0.4 is 4.74 Å². The quantitative estimate of drug-likeness (QED) is 0.856. The van der Waals surface area contributed by atoms with E-state index in [9.17, 15) is 9.59 Å². The Morgan fingerprint density at radius 1 is 1.43 bits per heavy atom. The third kappa shape index (κ3) is 3.63. The summed E-state index contributed by atoms with van der Waals surface area (Å²) >= 11 is 1.32. The fraction of sp³-hybridized carbons (Fsp3) is 0.214. The number of carboxylic acid groups (broad SMARTS) is 1. The first kappa shape index (κ1) is 15.1. The van der Waals surface area contributed by atoms with Crippen molar-refractivity contribution in [3.8, 4) is 5.75 Å². The fourth-order valence-electron chi connectivity index (χ4n) is 1.71. The molecule has 1 aromatic rings. The Kier molecular flexibility index (Phi) is 4.64. The summed E-state index contributed by atoms with van der Waals surface area (Å²) in [7, 11) is 3.32. The summed E-state index contributed by atoms with van der Waals surface area (Å²) in [6.07, 6.45) is 1.77. The molecule has 6 nitrogen and oxygen atoms in total. The number of carbonyl (C=O) groups excluding carboxylic acids is 1. The van der Waals surface area contributed by atoms with Crippen LogP contribution in [-0.4, -0.2) is 47.8 Å². The molecule has 7 heteroatoms. The number of benzene rings is 1. The highest BCUT2D eigenvalue weighted by Gasteiger charge is 2.29. The summed E-state index contributed by atoms with van der Waals surface area (Å²) < 4.78 is 5.05. The predicted molar refractivity (Wildman–Crippen MR) is 81.3 cm³/mol. The van der Waals surface area contributed by atoms with Crippen LogP contribution in [0.5, 0.6) is 5.75 Å². The maximum atomic E-state index is 12.0. The molecule has 1 saturated heterocycles. The van der Waals surface area contributed by atoms with Crippen molar-refractivity contribution >= 4 is 34.9 Å². The van der Waals surface area contributed by atoms with Crippen molar-refractivity contribution in [2.45, 2.75) is 0 Å². The van der Waals surface area contributed by atoms with Crippen molar-refractivity contribution in [2.75, 3.05) is 20.7 Å². The number of carboxylic acids is 1. The van der Waals surface area contributed by atoms with E-state index in [2.05, 4.69) is 4.99 Å². The fourth-order valence-corrected chi connectivity index (χ4v) is 2.63. The largest absolute Gasteiger partial charge is 0.482 e. The summed E-state index contributed by atoms with van der Waals surface area (Å²) in [5, 5.41) is 9.19. The number of amidine groups is 1. The van der Waals surface area contributed by atoms with Gasteiger partial charge < -0.3 is 9.84 Å². The first-order valence-electron chi connectivity index (χ1n) is 6.10. The van der Waals surface area contributed by atoms with Crippen LogP contribution >= 0.6 is 11.8 Å². The number of carbonyl (C=O) groups is 2. The van der Waals surface area contributed by atoms with Gasteiger partial charge in [-0.2, -0.15) is 0 Å². The van der Waals surface area contributed by atoms with Gasteiger partial charge in [-0.15, -0.1) is 0 Å². The van der Waals surface area contributed by atoms with Crippen LogP contribution in [0.25, 0.3) is 6.08 Å². The Hall–Kier alpha value is -2.28. The van der Waals surface area contributed by atoms with E-state index >= 15 is 0 Å². The minimum Gasteiger partial charge on any atom is -0.482 e. The molecule has 0 saturated carbocycles. The van der Waals surface area contributed by atoms with Crippen LogP contribution in [0.15, 0.2) is 34.2 Å². The van der Waals surface area contributed by atoms with Crippen LogP contribution in [0.1, 0.15) is 5.56 Å². The molecule has 1 N–H and O–H groups in total. The summed E-state index contributed by atoms with van der Waals surface area (Å²) in [5.41, 5.74) is 0.833. The molecule has 1 aromatic carbocycles. The molecule has 1 fully saturated rings. The lowest BCUT2D eigenvalue weighted by atomic mass is 10.2. The van der Waals surface area contributed by atoms with Gasteiger partial charge in [-0.3, -0.25) is 14.7 Å². The predicted octanol–water partition coefficient (Wildman–Crippen LogP) is 1.68. The lowest BCUT2D eigenvalue weighted by Gasteiger charge is -2.05. The van der Waals surface area contributed by atoms with Crippen molar-refractivity contribution in [3.63, 3.8) is 0 Å². The van der Waals surface area contributed by atoms with Crippen LogP contribution in [0.4, 0.5) is 0 Å². The topological polar surface area (TPSA) is 79.2 Å². The van der Waals surface area contributed by atoms with Gasteiger partial charge in [0.15, 0.2) is 11.8 Å². The third-order valence-corrected chi connectivity index (χ3v) is 3.89. The molecule has 0 unspecified atom stereocenters. The molecule has 1 heterocycles. The highest BCUT2D eigenvalue weighted by Crippen LogP contribution is 2.31. The zero-order chi connectivity index (χ0) is 15.4. The normalized spacial score (nSPS) is 18.6. The van der Waals surface area contributed by atoms with Gasteiger partial charge in [0.25, 0.3) is 5.91 Å². The maximum absolute atomic E-state index is 12.0. The zero-order valence-electron chi connectivity index (χ0n) is 11.6. The number of hydrogen-bond acceptors (Lipinski definition) is 5. The Labute approximate surface area is 126 Å². The van der Waals surface area contributed by atoms with Crippen molar-refractivity contribution in [1.82, 2.24) is 4.90 Å². The van der Waals surface area contributed by atoms with Crippen LogP contribution in [0.2, 0.25) is 0 Å². The zero-order valence-corrected chi connectivity index (χ0v) is 12.4. The molecular formula is C14H14N2O4S. The van der Waals surface area contributed by atoms with Crippen molar-refractivity contribution in [1.29, 1.82) is 0 Å². The van der Waals surface area contributed by atoms with Crippen LogP contribution in [0.3, 0.4) is 0 Å². The van der Waals surface area contributed by atoms with E-state index in [0.29, 0.717) is 15.8 Å². The number of rotatable bonds is 4. The maximum Gasteiger partial charge on any atom is 0.341 e. The molecule has 0 radical (unpaired) electrons. The van der Waals surface area contributed by atoms with Gasteiger partial charge >= 0.3 is 5.97 Å². The molecule has 2 rings (SSSR count). The molecule has 0 aliphatic carbocycles. The highest BCUT2D eigenvalue weighted by molar-refractivity contribution is 8.18. The lowest BCUT2D eigenvalue weighted by molar-refractivity contribution is -0.139. The second-order valence-electron chi connectivity index (χ2n) is 4.23. The number of thioether (sulfide) groups is 1. The van der Waals surface area contributed by atoms with Gasteiger partial charge in [0, 0.05) is 14.1 Å². The number of nitrogens with zero attached hydrogens (tertiary/aromatic N) is 2. The molecule has 1 aliphatic heterocycles. The second-order valence-corrected chi connectivity index (χ2v) is 5.24. The Morgan fingerprint density at radius 2 is 2.10 bits per heavy atom. The van der Waals surface area contributed by atoms with Crippen molar-refractivity contribution in [3.05, 3.63) is 34.7 Å². The minimum atomic E-state index is -1.02. The Balaban J connectivity index is 2.11. The average molecular weight is 306 g/mol. The molecule has 0 bridgehead atoms. The average Bonchev–Trinajstić information content (AvgIpc) is 2.74. The van der Waals surface area contributed by atoms with Crippen molar-refractivity contribution < 1.29 is 19.4 Å². The number of ether oxygens (including phenoxy) is 1. The minimum absolute atomic E-state index is 0.0909. The van der Waals surface area contributed by atoms with Crippen LogP contribution in [-0.2, 0) is 9.59 Å². The van der Waals surface area contributed by atoms with E-state index in [-0.39, 0.29) is 12.5 Å². The monoisotopic (exact) mass is 306 g/mol. The van der Waals surface area contributed by atoms with Gasteiger partial charge in [-0.25, -0.2) is 4.79 Å². The molecular weight excluding hydrogens is 292 g/mol. The molecule has 0 aromatic heterocycles. The third-order valence-electron chi connectivity index (χ3n) is 2.74. The second kappa shape index (κ2) is 6.45. The number of aliphatic carboxylic acids is 1. The summed E-state index contributed by atoms with van der Waals surface area (Å²) in [5.74, 6) is -0.645. The van der Waals surface area contributed by atoms with Crippen LogP contribution in [0, 0.1) is 0 Å². The lowest BCUT2D eigenvalue weighted by Crippen LogP contribution is -2.23. The number of hydrogen-bond donors (Lipinski definition) is 1. The molecule has 0 atom stereocenters. The summed E-state index contributed by atoms with van der Waals surface area (Å²) in [6.45, 7) is -0.379. The van der Waals surface area contributed by atoms with E-state index in [1.165, 1.54) is 16.7 Å². The molecule has 1 amide bonds. The first-order chi connectivity index (χ1) is 10.0. The summed E-state index contributed by atoms with van der Waals surface area (Å²) in [4.78, 5) is 28.5. The smallest absolute Gasteiger partial charge is 0.341 e. The van der Waals surface area contributed by atoms with E-state index < -0.39 is 5.97 Å².